The summed E-state index contributed by atoms with van der Waals surface area (Å²) in [5.41, 5.74) is 3.16. The number of carbonyl (C=O) groups excluding carboxylic acids is 1. The second kappa shape index (κ2) is 8.17. The molecule has 0 unspecified atom stereocenters. The number of nitrogens with one attached hydrogen (secondary N) is 1. The van der Waals surface area contributed by atoms with Gasteiger partial charge < -0.3 is 9.80 Å². The minimum absolute atomic E-state index is 0.00611. The van der Waals surface area contributed by atoms with Gasteiger partial charge in [-0.05, 0) is 50.8 Å². The number of carbonyl (C=O) groups is 1. The third-order valence-corrected chi connectivity index (χ3v) is 6.12. The maximum atomic E-state index is 12.5. The van der Waals surface area contributed by atoms with Gasteiger partial charge in [-0.15, -0.1) is 0 Å². The highest BCUT2D eigenvalue weighted by molar-refractivity contribution is 5.92. The Bertz CT molecular complexity index is 745. The summed E-state index contributed by atoms with van der Waals surface area (Å²) in [4.78, 5) is 25.2. The monoisotopic (exact) mass is 368 g/mol. The average molecular weight is 368 g/mol. The number of piperidine rings is 2. The molecule has 1 N–H and O–H groups in total. The Labute approximate surface area is 160 Å². The predicted octanol–water partition coefficient (Wildman–Crippen LogP) is 2.25. The fraction of sp³-hybridized carbons (Fsp3) is 0.600. The Balaban J connectivity index is 1.28. The SMILES string of the molecule is CCc1cn[nH]c1C1CCN(C2CCN(C(=O)c3cnccn3)CC2)CC1. The number of nitrogens with zero attached hydrogens (tertiary/aromatic N) is 5. The molecule has 2 aliphatic rings. The lowest BCUT2D eigenvalue weighted by molar-refractivity contribution is 0.0571. The normalized spacial score (nSPS) is 20.1. The van der Waals surface area contributed by atoms with Gasteiger partial charge in [0.15, 0.2) is 0 Å². The molecule has 7 heteroatoms. The van der Waals surface area contributed by atoms with Gasteiger partial charge in [0, 0.05) is 43.1 Å². The summed E-state index contributed by atoms with van der Waals surface area (Å²) < 4.78 is 0. The molecule has 0 radical (unpaired) electrons. The molecular weight excluding hydrogens is 340 g/mol. The van der Waals surface area contributed by atoms with Gasteiger partial charge in [0.1, 0.15) is 5.69 Å². The Morgan fingerprint density at radius 2 is 1.89 bits per heavy atom. The first kappa shape index (κ1) is 18.1. The fourth-order valence-corrected chi connectivity index (χ4v) is 4.52. The third-order valence-electron chi connectivity index (χ3n) is 6.12. The molecule has 144 valence electrons. The maximum Gasteiger partial charge on any atom is 0.274 e. The van der Waals surface area contributed by atoms with Crippen LogP contribution in [0.15, 0.2) is 24.8 Å². The van der Waals surface area contributed by atoms with Crippen LogP contribution < -0.4 is 0 Å². The zero-order valence-electron chi connectivity index (χ0n) is 16.0. The van der Waals surface area contributed by atoms with Crippen LogP contribution in [0.2, 0.25) is 0 Å². The largest absolute Gasteiger partial charge is 0.337 e. The number of aromatic amines is 1. The van der Waals surface area contributed by atoms with Crippen LogP contribution in [0.1, 0.15) is 60.3 Å². The molecule has 2 saturated heterocycles. The van der Waals surface area contributed by atoms with E-state index in [9.17, 15) is 4.79 Å². The highest BCUT2D eigenvalue weighted by Crippen LogP contribution is 2.31. The second-order valence-corrected chi connectivity index (χ2v) is 7.59. The quantitative estimate of drug-likeness (QED) is 0.895. The maximum absolute atomic E-state index is 12.5. The van der Waals surface area contributed by atoms with Gasteiger partial charge in [0.2, 0.25) is 0 Å². The summed E-state index contributed by atoms with van der Waals surface area (Å²) in [6, 6.07) is 0.587. The third kappa shape index (κ3) is 3.88. The molecule has 2 aromatic rings. The lowest BCUT2D eigenvalue weighted by Gasteiger charge is -2.41. The molecule has 0 aromatic carbocycles. The molecule has 2 aliphatic heterocycles. The van der Waals surface area contributed by atoms with Crippen LogP contribution in [0.25, 0.3) is 0 Å². The van der Waals surface area contributed by atoms with Crippen molar-refractivity contribution in [3.8, 4) is 0 Å². The van der Waals surface area contributed by atoms with Gasteiger partial charge in [-0.2, -0.15) is 5.10 Å². The van der Waals surface area contributed by atoms with E-state index in [0.717, 1.165) is 45.4 Å². The van der Waals surface area contributed by atoms with E-state index in [1.807, 2.05) is 11.1 Å². The summed E-state index contributed by atoms with van der Waals surface area (Å²) in [7, 11) is 0. The number of hydrogen-bond acceptors (Lipinski definition) is 5. The molecule has 0 bridgehead atoms. The lowest BCUT2D eigenvalue weighted by Crippen LogP contribution is -2.49. The molecule has 4 rings (SSSR count). The molecule has 4 heterocycles. The molecule has 0 saturated carbocycles. The van der Waals surface area contributed by atoms with Crippen LogP contribution in [-0.2, 0) is 6.42 Å². The summed E-state index contributed by atoms with van der Waals surface area (Å²) >= 11 is 0. The van der Waals surface area contributed by atoms with Crippen LogP contribution in [0.5, 0.6) is 0 Å². The van der Waals surface area contributed by atoms with Crippen molar-refractivity contribution < 1.29 is 4.79 Å². The Kier molecular flexibility index (Phi) is 5.48. The molecule has 1 amide bonds. The van der Waals surface area contributed by atoms with Crippen LogP contribution in [-0.4, -0.2) is 68.1 Å². The Hall–Kier alpha value is -2.28. The molecule has 2 aromatic heterocycles. The highest BCUT2D eigenvalue weighted by atomic mass is 16.2. The number of likely N-dealkylation sites (tertiary alicyclic amines) is 2. The van der Waals surface area contributed by atoms with Gasteiger partial charge in [-0.3, -0.25) is 14.9 Å². The lowest BCUT2D eigenvalue weighted by atomic mass is 9.89. The highest BCUT2D eigenvalue weighted by Gasteiger charge is 2.31. The fourth-order valence-electron chi connectivity index (χ4n) is 4.52. The number of aromatic nitrogens is 4. The number of amides is 1. The van der Waals surface area contributed by atoms with Crippen molar-refractivity contribution in [2.24, 2.45) is 0 Å². The first-order chi connectivity index (χ1) is 13.3. The van der Waals surface area contributed by atoms with Crippen molar-refractivity contribution in [1.82, 2.24) is 30.0 Å². The summed E-state index contributed by atoms with van der Waals surface area (Å²) in [6.45, 7) is 6.08. The van der Waals surface area contributed by atoms with Crippen molar-refractivity contribution in [1.29, 1.82) is 0 Å². The Morgan fingerprint density at radius 3 is 2.56 bits per heavy atom. The van der Waals surface area contributed by atoms with Crippen molar-refractivity contribution in [3.05, 3.63) is 41.7 Å². The molecule has 0 atom stereocenters. The summed E-state index contributed by atoms with van der Waals surface area (Å²) in [5, 5.41) is 7.47. The van der Waals surface area contributed by atoms with E-state index in [1.54, 1.807) is 18.6 Å². The van der Waals surface area contributed by atoms with E-state index in [4.69, 9.17) is 0 Å². The van der Waals surface area contributed by atoms with Crippen LogP contribution in [0.4, 0.5) is 0 Å². The van der Waals surface area contributed by atoms with Gasteiger partial charge >= 0.3 is 0 Å². The topological polar surface area (TPSA) is 78.0 Å². The van der Waals surface area contributed by atoms with E-state index < -0.39 is 0 Å². The average Bonchev–Trinajstić information content (AvgIpc) is 3.23. The summed E-state index contributed by atoms with van der Waals surface area (Å²) in [6.07, 6.45) is 12.2. The first-order valence-corrected chi connectivity index (χ1v) is 10.1. The van der Waals surface area contributed by atoms with E-state index in [2.05, 4.69) is 32.0 Å². The van der Waals surface area contributed by atoms with Gasteiger partial charge in [0.25, 0.3) is 5.91 Å². The van der Waals surface area contributed by atoms with E-state index in [-0.39, 0.29) is 5.91 Å². The van der Waals surface area contributed by atoms with E-state index in [1.165, 1.54) is 24.1 Å². The van der Waals surface area contributed by atoms with Gasteiger partial charge in [-0.1, -0.05) is 6.92 Å². The minimum Gasteiger partial charge on any atom is -0.337 e. The van der Waals surface area contributed by atoms with Crippen LogP contribution >= 0.6 is 0 Å². The number of rotatable bonds is 4. The number of hydrogen-bond donors (Lipinski definition) is 1. The first-order valence-electron chi connectivity index (χ1n) is 10.1. The zero-order valence-corrected chi connectivity index (χ0v) is 16.0. The molecule has 27 heavy (non-hydrogen) atoms. The van der Waals surface area contributed by atoms with Crippen molar-refractivity contribution in [2.75, 3.05) is 26.2 Å². The van der Waals surface area contributed by atoms with E-state index in [0.29, 0.717) is 17.7 Å². The zero-order chi connectivity index (χ0) is 18.6. The summed E-state index contributed by atoms with van der Waals surface area (Å²) in [5.74, 6) is 0.614. The van der Waals surface area contributed by atoms with Crippen LogP contribution in [0, 0.1) is 0 Å². The Morgan fingerprint density at radius 1 is 1.11 bits per heavy atom. The minimum atomic E-state index is 0.00611. The molecule has 0 spiro atoms. The van der Waals surface area contributed by atoms with Crippen molar-refractivity contribution in [2.45, 2.75) is 51.0 Å². The predicted molar refractivity (Wildman–Crippen MR) is 102 cm³/mol. The van der Waals surface area contributed by atoms with Crippen molar-refractivity contribution in [3.63, 3.8) is 0 Å². The number of aryl methyl sites for hydroxylation is 1. The molecular formula is C20H28N6O. The van der Waals surface area contributed by atoms with Gasteiger partial charge in [0.05, 0.1) is 12.4 Å². The smallest absolute Gasteiger partial charge is 0.274 e. The molecule has 7 nitrogen and oxygen atoms in total. The molecule has 2 fully saturated rings. The van der Waals surface area contributed by atoms with Crippen LogP contribution in [0.3, 0.4) is 0 Å². The number of H-pyrrole nitrogens is 1. The van der Waals surface area contributed by atoms with Gasteiger partial charge in [-0.25, -0.2) is 4.98 Å². The molecule has 0 aliphatic carbocycles. The van der Waals surface area contributed by atoms with Crippen molar-refractivity contribution >= 4 is 5.91 Å². The standard InChI is InChI=1S/C20H28N6O/c1-2-15-13-23-24-19(15)16-3-9-25(10-4-16)17-5-11-26(12-6-17)20(27)18-14-21-7-8-22-18/h7-8,13-14,16-17H,2-6,9-12H2,1H3,(H,23,24). The second-order valence-electron chi connectivity index (χ2n) is 7.59. The van der Waals surface area contributed by atoms with E-state index >= 15 is 0 Å².